The van der Waals surface area contributed by atoms with Crippen molar-refractivity contribution in [2.45, 2.75) is 68.9 Å². The Morgan fingerprint density at radius 1 is 1.05 bits per heavy atom. The zero-order valence-electron chi connectivity index (χ0n) is 24.8. The van der Waals surface area contributed by atoms with Crippen molar-refractivity contribution in [1.29, 1.82) is 0 Å². The monoisotopic (exact) mass is 536 g/mol. The number of H-pyrrole nitrogens is 1. The number of aromatic nitrogens is 3. The van der Waals surface area contributed by atoms with Crippen molar-refractivity contribution in [3.8, 4) is 5.75 Å². The first kappa shape index (κ1) is 22.4. The van der Waals surface area contributed by atoms with Crippen LogP contribution in [-0.4, -0.2) is 35.7 Å². The Balaban J connectivity index is 1.54. The largest absolute Gasteiger partial charge is 0.495 e. The summed E-state index contributed by atoms with van der Waals surface area (Å²) in [6.45, 7) is 5.30. The molecule has 1 fully saturated rings. The first-order valence-electron chi connectivity index (χ1n) is 14.5. The number of aryl methyl sites for hydroxylation is 1. The van der Waals surface area contributed by atoms with Gasteiger partial charge in [-0.25, -0.2) is 13.4 Å². The molecule has 0 aliphatic heterocycles. The summed E-state index contributed by atoms with van der Waals surface area (Å²) >= 11 is 0. The van der Waals surface area contributed by atoms with Crippen molar-refractivity contribution in [1.82, 2.24) is 15.0 Å². The highest BCUT2D eigenvalue weighted by atomic mass is 32.2. The minimum atomic E-state index is -3.57. The van der Waals surface area contributed by atoms with E-state index < -0.39 is 22.1 Å². The highest BCUT2D eigenvalue weighted by Gasteiger charge is 2.24. The molecule has 4 aromatic rings. The Kier molecular flexibility index (Phi) is 6.28. The number of methoxy groups -OCH3 is 1. The lowest BCUT2D eigenvalue weighted by atomic mass is 9.82. The molecule has 1 aliphatic rings. The van der Waals surface area contributed by atoms with Gasteiger partial charge in [-0.1, -0.05) is 31.4 Å². The van der Waals surface area contributed by atoms with Gasteiger partial charge in [0.1, 0.15) is 11.3 Å². The quantitative estimate of drug-likeness (QED) is 0.223. The fraction of sp³-hybridized carbons (Fsp3) is 0.379. The van der Waals surface area contributed by atoms with E-state index in [1.807, 2.05) is 19.1 Å². The molecular weight excluding hydrogens is 498 g/mol. The molecule has 38 heavy (non-hydrogen) atoms. The van der Waals surface area contributed by atoms with Crippen LogP contribution in [0.1, 0.15) is 67.1 Å². The topological polar surface area (TPSA) is 109 Å². The summed E-state index contributed by atoms with van der Waals surface area (Å²) in [5.41, 5.74) is 4.13. The second kappa shape index (κ2) is 10.6. The van der Waals surface area contributed by atoms with Gasteiger partial charge in [0.2, 0.25) is 5.95 Å². The normalized spacial score (nSPS) is 16.2. The molecule has 0 bridgehead atoms. The third-order valence-electron chi connectivity index (χ3n) is 7.24. The maximum Gasteiger partial charge on any atom is 0.229 e. The van der Waals surface area contributed by atoms with Crippen molar-refractivity contribution in [2.75, 3.05) is 17.7 Å². The number of fused-ring (bicyclic) bond motifs is 1. The van der Waals surface area contributed by atoms with E-state index in [-0.39, 0.29) is 16.6 Å². The number of aromatic amines is 1. The van der Waals surface area contributed by atoms with Crippen LogP contribution < -0.4 is 15.4 Å². The summed E-state index contributed by atoms with van der Waals surface area (Å²) in [6, 6.07) is 12.2. The van der Waals surface area contributed by atoms with Crippen LogP contribution in [0, 0.1) is 6.92 Å². The van der Waals surface area contributed by atoms with Gasteiger partial charge < -0.3 is 20.4 Å². The summed E-state index contributed by atoms with van der Waals surface area (Å²) in [4.78, 5) is 12.5. The van der Waals surface area contributed by atoms with Crippen LogP contribution in [0.5, 0.6) is 5.75 Å². The van der Waals surface area contributed by atoms with Gasteiger partial charge >= 0.3 is 0 Å². The lowest BCUT2D eigenvalue weighted by Crippen LogP contribution is -2.15. The van der Waals surface area contributed by atoms with E-state index >= 15 is 0 Å². The number of nitrogens with one attached hydrogen (secondary N) is 3. The first-order chi connectivity index (χ1) is 19.4. The number of hydrogen-bond donors (Lipinski definition) is 3. The molecule has 9 heteroatoms. The van der Waals surface area contributed by atoms with Gasteiger partial charge in [-0.3, -0.25) is 0 Å². The van der Waals surface area contributed by atoms with Crippen molar-refractivity contribution in [3.63, 3.8) is 0 Å². The van der Waals surface area contributed by atoms with Gasteiger partial charge in [0, 0.05) is 6.20 Å². The number of anilines is 4. The number of rotatable bonds is 8. The van der Waals surface area contributed by atoms with Gasteiger partial charge in [-0.05, 0) is 81.0 Å². The molecule has 3 N–H and O–H groups in total. The number of nitrogens with zero attached hydrogens (tertiary/aromatic N) is 2. The third kappa shape index (κ3) is 5.07. The summed E-state index contributed by atoms with van der Waals surface area (Å²) in [5.74, 6) is 1.13. The summed E-state index contributed by atoms with van der Waals surface area (Å²) in [7, 11) is -6.21. The SMILES string of the molecule is [2H]C([2H])([2H])Oc1cc(C2CCCCC2)c(C)cc1Nc1nc(Nc2ccccc2S(=O)(=O)C(C)C)c2[nH]ccc2n1. The second-order valence-electron chi connectivity index (χ2n) is 10.1. The molecule has 2 heterocycles. The maximum atomic E-state index is 13.0. The van der Waals surface area contributed by atoms with Gasteiger partial charge in [-0.2, -0.15) is 4.98 Å². The molecule has 5 rings (SSSR count). The van der Waals surface area contributed by atoms with Gasteiger partial charge in [0.25, 0.3) is 0 Å². The standard InChI is InChI=1S/C29H35N5O3S/c1-18(2)38(35,36)26-13-9-8-12-22(26)31-28-27-23(14-15-30-27)32-29(34-28)33-24-16-19(3)21(17-25(24)37-4)20-10-6-5-7-11-20/h8-9,12-18,20,30H,5-7,10-11H2,1-4H3,(H2,31,32,33,34)/i4D3. The number of benzene rings is 2. The molecule has 0 atom stereocenters. The van der Waals surface area contributed by atoms with Crippen LogP contribution in [0.2, 0.25) is 0 Å². The summed E-state index contributed by atoms with van der Waals surface area (Å²) in [5, 5.41) is 5.75. The van der Waals surface area contributed by atoms with E-state index in [0.29, 0.717) is 34.1 Å². The van der Waals surface area contributed by atoms with Crippen molar-refractivity contribution < 1.29 is 17.3 Å². The molecule has 200 valence electrons. The zero-order valence-corrected chi connectivity index (χ0v) is 22.7. The first-order valence-corrected chi connectivity index (χ1v) is 14.5. The Morgan fingerprint density at radius 3 is 2.61 bits per heavy atom. The molecule has 0 saturated heterocycles. The smallest absolute Gasteiger partial charge is 0.229 e. The average Bonchev–Trinajstić information content (AvgIpc) is 3.39. The highest BCUT2D eigenvalue weighted by molar-refractivity contribution is 7.92. The molecule has 2 aromatic carbocycles. The Morgan fingerprint density at radius 2 is 1.84 bits per heavy atom. The highest BCUT2D eigenvalue weighted by Crippen LogP contribution is 2.39. The Bertz CT molecular complexity index is 1660. The minimum absolute atomic E-state index is 0.171. The number of sulfone groups is 1. The van der Waals surface area contributed by atoms with Crippen molar-refractivity contribution in [3.05, 3.63) is 59.8 Å². The van der Waals surface area contributed by atoms with Crippen molar-refractivity contribution in [2.24, 2.45) is 0 Å². The van der Waals surface area contributed by atoms with E-state index in [2.05, 4.69) is 25.6 Å². The van der Waals surface area contributed by atoms with Crippen molar-refractivity contribution >= 4 is 44.0 Å². The van der Waals surface area contributed by atoms with Crippen LogP contribution in [0.15, 0.2) is 53.6 Å². The fourth-order valence-corrected chi connectivity index (χ4v) is 6.35. The van der Waals surface area contributed by atoms with Crippen LogP contribution in [0.25, 0.3) is 11.0 Å². The molecule has 0 radical (unpaired) electrons. The average molecular weight is 537 g/mol. The predicted octanol–water partition coefficient (Wildman–Crippen LogP) is 6.99. The van der Waals surface area contributed by atoms with Gasteiger partial charge in [0.15, 0.2) is 15.7 Å². The Labute approximate surface area is 228 Å². The van der Waals surface area contributed by atoms with Crippen LogP contribution in [-0.2, 0) is 9.84 Å². The summed E-state index contributed by atoms with van der Waals surface area (Å²) < 4.78 is 54.8. The lowest BCUT2D eigenvalue weighted by molar-refractivity contribution is 0.411. The molecule has 8 nitrogen and oxygen atoms in total. The molecule has 0 amide bonds. The fourth-order valence-electron chi connectivity index (χ4n) is 5.15. The molecule has 1 saturated carbocycles. The van der Waals surface area contributed by atoms with E-state index in [4.69, 9.17) is 8.85 Å². The molecule has 1 aliphatic carbocycles. The van der Waals surface area contributed by atoms with Gasteiger partial charge in [0.05, 0.1) is 38.2 Å². The maximum absolute atomic E-state index is 13.0. The van der Waals surface area contributed by atoms with E-state index in [0.717, 1.165) is 36.8 Å². The molecule has 0 unspecified atom stereocenters. The lowest BCUT2D eigenvalue weighted by Gasteiger charge is -2.25. The zero-order chi connectivity index (χ0) is 29.4. The number of hydrogen-bond acceptors (Lipinski definition) is 7. The Hall–Kier alpha value is -3.59. The third-order valence-corrected chi connectivity index (χ3v) is 9.45. The van der Waals surface area contributed by atoms with E-state index in [9.17, 15) is 8.42 Å². The molecule has 2 aromatic heterocycles. The predicted molar refractivity (Wildman–Crippen MR) is 153 cm³/mol. The summed E-state index contributed by atoms with van der Waals surface area (Å²) in [6.07, 6.45) is 7.38. The number of ether oxygens (including phenoxy) is 1. The minimum Gasteiger partial charge on any atom is -0.495 e. The van der Waals surface area contributed by atoms with Crippen LogP contribution in [0.4, 0.5) is 23.1 Å². The van der Waals surface area contributed by atoms with E-state index in [1.54, 1.807) is 50.4 Å². The van der Waals surface area contributed by atoms with Crippen LogP contribution in [0.3, 0.4) is 0 Å². The van der Waals surface area contributed by atoms with E-state index in [1.165, 1.54) is 6.42 Å². The second-order valence-corrected chi connectivity index (χ2v) is 12.6. The van der Waals surface area contributed by atoms with Gasteiger partial charge in [-0.15, -0.1) is 0 Å². The molecular formula is C29H35N5O3S. The van der Waals surface area contributed by atoms with Crippen LogP contribution >= 0.6 is 0 Å². The molecule has 0 spiro atoms. The number of para-hydroxylation sites is 1.